The van der Waals surface area contributed by atoms with Gasteiger partial charge < -0.3 is 14.0 Å². The predicted octanol–water partition coefficient (Wildman–Crippen LogP) is 1.61. The van der Waals surface area contributed by atoms with Crippen molar-refractivity contribution in [1.82, 2.24) is 9.99 Å². The summed E-state index contributed by atoms with van der Waals surface area (Å²) in [4.78, 5) is 12.5. The molecule has 1 aromatic carbocycles. The molecule has 0 unspecified atom stereocenters. The van der Waals surface area contributed by atoms with Crippen molar-refractivity contribution in [3.05, 3.63) is 29.1 Å². The molecule has 0 fully saturated rings. The minimum absolute atomic E-state index is 0.104. The van der Waals surface area contributed by atoms with E-state index in [1.54, 1.807) is 18.4 Å². The minimum atomic E-state index is -0.104. The van der Waals surface area contributed by atoms with Crippen LogP contribution in [0.5, 0.6) is 0 Å². The standard InChI is InChI=1S/C15H21N3O3S/c1-18-12-6-3-4-7-13(12)22-15(18)17-16-14(19)8-5-9-21-11-10-20-2/h3-4,6-7H,5,8-11H2,1-2H3,(H,16,19). The van der Waals surface area contributed by atoms with Gasteiger partial charge in [-0.3, -0.25) is 4.79 Å². The van der Waals surface area contributed by atoms with Crippen LogP contribution in [0.1, 0.15) is 12.8 Å². The molecule has 0 aliphatic heterocycles. The van der Waals surface area contributed by atoms with E-state index in [1.165, 1.54) is 0 Å². The van der Waals surface area contributed by atoms with Crippen molar-refractivity contribution in [3.8, 4) is 0 Å². The Bertz CT molecular complexity index is 678. The molecule has 0 saturated heterocycles. The number of carbonyl (C=O) groups is 1. The van der Waals surface area contributed by atoms with Gasteiger partial charge in [0.15, 0.2) is 0 Å². The van der Waals surface area contributed by atoms with E-state index in [0.717, 1.165) is 15.0 Å². The Balaban J connectivity index is 1.82. The topological polar surface area (TPSA) is 64.8 Å². The number of aromatic nitrogens is 1. The predicted molar refractivity (Wildman–Crippen MR) is 86.4 cm³/mol. The first kappa shape index (κ1) is 16.7. The number of rotatable bonds is 8. The maximum absolute atomic E-state index is 11.7. The number of nitrogens with zero attached hydrogens (tertiary/aromatic N) is 2. The van der Waals surface area contributed by atoms with Crippen LogP contribution in [0.15, 0.2) is 29.4 Å². The van der Waals surface area contributed by atoms with Gasteiger partial charge in [-0.25, -0.2) is 5.43 Å². The molecule has 0 bridgehead atoms. The Kier molecular flexibility index (Phi) is 6.57. The van der Waals surface area contributed by atoms with Crippen molar-refractivity contribution in [3.63, 3.8) is 0 Å². The molecule has 0 radical (unpaired) electrons. The molecule has 6 nitrogen and oxygen atoms in total. The van der Waals surface area contributed by atoms with E-state index in [2.05, 4.69) is 10.5 Å². The quantitative estimate of drug-likeness (QED) is 0.593. The normalized spacial score (nSPS) is 12.0. The van der Waals surface area contributed by atoms with Gasteiger partial charge in [0.2, 0.25) is 10.7 Å². The number of fused-ring (bicyclic) bond motifs is 1. The molecular weight excluding hydrogens is 302 g/mol. The SMILES string of the molecule is COCCOCCCC(=O)NN=c1sc2ccccc2n1C. The van der Waals surface area contributed by atoms with Crippen molar-refractivity contribution in [2.75, 3.05) is 26.9 Å². The molecule has 1 N–H and O–H groups in total. The van der Waals surface area contributed by atoms with Crippen LogP contribution in [-0.2, 0) is 21.3 Å². The summed E-state index contributed by atoms with van der Waals surface area (Å²) in [6.45, 7) is 1.68. The zero-order valence-electron chi connectivity index (χ0n) is 12.9. The van der Waals surface area contributed by atoms with Gasteiger partial charge in [-0.1, -0.05) is 23.5 Å². The Morgan fingerprint density at radius 1 is 1.32 bits per heavy atom. The van der Waals surface area contributed by atoms with Crippen molar-refractivity contribution in [2.24, 2.45) is 12.1 Å². The highest BCUT2D eigenvalue weighted by atomic mass is 32.1. The van der Waals surface area contributed by atoms with Crippen LogP contribution < -0.4 is 10.2 Å². The summed E-state index contributed by atoms with van der Waals surface area (Å²) in [5.41, 5.74) is 3.70. The number of benzene rings is 1. The summed E-state index contributed by atoms with van der Waals surface area (Å²) >= 11 is 1.55. The summed E-state index contributed by atoms with van der Waals surface area (Å²) in [6.07, 6.45) is 1.06. The molecule has 2 aromatic rings. The van der Waals surface area contributed by atoms with Gasteiger partial charge in [0.25, 0.3) is 0 Å². The van der Waals surface area contributed by atoms with Crippen molar-refractivity contribution in [2.45, 2.75) is 12.8 Å². The Morgan fingerprint density at radius 3 is 2.91 bits per heavy atom. The van der Waals surface area contributed by atoms with Gasteiger partial charge in [0.05, 0.1) is 23.4 Å². The van der Waals surface area contributed by atoms with Crippen LogP contribution in [0, 0.1) is 0 Å². The lowest BCUT2D eigenvalue weighted by Gasteiger charge is -2.02. The second-order valence-electron chi connectivity index (χ2n) is 4.77. The van der Waals surface area contributed by atoms with Crippen LogP contribution >= 0.6 is 11.3 Å². The molecule has 0 aliphatic rings. The molecule has 22 heavy (non-hydrogen) atoms. The maximum atomic E-state index is 11.7. The average Bonchev–Trinajstić information content (AvgIpc) is 2.85. The van der Waals surface area contributed by atoms with Gasteiger partial charge in [-0.05, 0) is 18.6 Å². The lowest BCUT2D eigenvalue weighted by Crippen LogP contribution is -2.23. The third-order valence-electron chi connectivity index (χ3n) is 3.12. The van der Waals surface area contributed by atoms with Crippen LogP contribution in [0.4, 0.5) is 0 Å². The third-order valence-corrected chi connectivity index (χ3v) is 4.23. The number of hydrogen-bond acceptors (Lipinski definition) is 5. The number of hydrogen-bond donors (Lipinski definition) is 1. The first-order valence-corrected chi connectivity index (χ1v) is 7.98. The minimum Gasteiger partial charge on any atom is -0.382 e. The average molecular weight is 323 g/mol. The summed E-state index contributed by atoms with van der Waals surface area (Å²) < 4.78 is 13.3. The van der Waals surface area contributed by atoms with E-state index in [4.69, 9.17) is 9.47 Å². The largest absolute Gasteiger partial charge is 0.382 e. The van der Waals surface area contributed by atoms with Gasteiger partial charge in [-0.2, -0.15) is 0 Å². The molecule has 120 valence electrons. The summed E-state index contributed by atoms with van der Waals surface area (Å²) in [5.74, 6) is -0.104. The summed E-state index contributed by atoms with van der Waals surface area (Å²) in [5, 5.41) is 4.19. The van der Waals surface area contributed by atoms with Crippen LogP contribution in [-0.4, -0.2) is 37.4 Å². The fourth-order valence-corrected chi connectivity index (χ4v) is 2.91. The number of amides is 1. The second-order valence-corrected chi connectivity index (χ2v) is 5.78. The van der Waals surface area contributed by atoms with E-state index in [9.17, 15) is 4.79 Å². The fraction of sp³-hybridized carbons (Fsp3) is 0.467. The first-order valence-electron chi connectivity index (χ1n) is 7.16. The van der Waals surface area contributed by atoms with Crippen molar-refractivity contribution < 1.29 is 14.3 Å². The highest BCUT2D eigenvalue weighted by Gasteiger charge is 2.03. The number of nitrogens with one attached hydrogen (secondary N) is 1. The molecule has 0 atom stereocenters. The van der Waals surface area contributed by atoms with E-state index < -0.39 is 0 Å². The van der Waals surface area contributed by atoms with Gasteiger partial charge in [0, 0.05) is 27.2 Å². The summed E-state index contributed by atoms with van der Waals surface area (Å²) in [7, 11) is 3.57. The highest BCUT2D eigenvalue weighted by molar-refractivity contribution is 7.16. The molecule has 0 saturated carbocycles. The molecule has 1 amide bonds. The Morgan fingerprint density at radius 2 is 2.14 bits per heavy atom. The molecule has 0 spiro atoms. The second kappa shape index (κ2) is 8.67. The lowest BCUT2D eigenvalue weighted by atomic mass is 10.3. The van der Waals surface area contributed by atoms with Crippen molar-refractivity contribution >= 4 is 27.5 Å². The monoisotopic (exact) mass is 323 g/mol. The fourth-order valence-electron chi connectivity index (χ4n) is 1.93. The zero-order valence-corrected chi connectivity index (χ0v) is 13.7. The number of ether oxygens (including phenoxy) is 2. The zero-order chi connectivity index (χ0) is 15.8. The highest BCUT2D eigenvalue weighted by Crippen LogP contribution is 2.14. The van der Waals surface area contributed by atoms with E-state index in [0.29, 0.717) is 32.7 Å². The number of carbonyl (C=O) groups excluding carboxylic acids is 1. The van der Waals surface area contributed by atoms with Crippen LogP contribution in [0.25, 0.3) is 10.2 Å². The number of para-hydroxylation sites is 1. The van der Waals surface area contributed by atoms with Crippen LogP contribution in [0.3, 0.4) is 0 Å². The number of methoxy groups -OCH3 is 1. The lowest BCUT2D eigenvalue weighted by molar-refractivity contribution is -0.121. The molecule has 7 heteroatoms. The first-order chi connectivity index (χ1) is 10.7. The number of aryl methyl sites for hydroxylation is 1. The van der Waals surface area contributed by atoms with Crippen molar-refractivity contribution in [1.29, 1.82) is 0 Å². The van der Waals surface area contributed by atoms with E-state index >= 15 is 0 Å². The number of thiazole rings is 1. The van der Waals surface area contributed by atoms with Crippen LogP contribution in [0.2, 0.25) is 0 Å². The third kappa shape index (κ3) is 4.66. The molecule has 1 aromatic heterocycles. The van der Waals surface area contributed by atoms with Gasteiger partial charge in [0.1, 0.15) is 0 Å². The molecule has 2 rings (SSSR count). The molecule has 1 heterocycles. The van der Waals surface area contributed by atoms with Gasteiger partial charge >= 0.3 is 0 Å². The Labute approximate surface area is 133 Å². The van der Waals surface area contributed by atoms with E-state index in [1.807, 2.05) is 35.9 Å². The Hall–Kier alpha value is -1.70. The maximum Gasteiger partial charge on any atom is 0.240 e. The smallest absolute Gasteiger partial charge is 0.240 e. The summed E-state index contributed by atoms with van der Waals surface area (Å²) in [6, 6.07) is 8.05. The van der Waals surface area contributed by atoms with E-state index in [-0.39, 0.29) is 5.91 Å². The molecule has 0 aliphatic carbocycles. The van der Waals surface area contributed by atoms with Gasteiger partial charge in [-0.15, -0.1) is 5.10 Å². The molecular formula is C15H21N3O3S.